The molecule has 2 fully saturated rings. The standard InChI is InChI=1S/C15H20N2O3S/c18-14(11-12-3-2-10-21-12)16-5-7-17(8-6-16)15(19)13-4-1-9-20-13/h2-3,10,13H,1,4-9,11H2/t13-/m0/s1. The van der Waals surface area contributed by atoms with Crippen molar-refractivity contribution in [2.75, 3.05) is 32.8 Å². The molecular weight excluding hydrogens is 288 g/mol. The van der Waals surface area contributed by atoms with Gasteiger partial charge in [0, 0.05) is 37.7 Å². The average molecular weight is 308 g/mol. The number of carbonyl (C=O) groups excluding carboxylic acids is 2. The Morgan fingerprint density at radius 1 is 1.24 bits per heavy atom. The molecule has 0 unspecified atom stereocenters. The summed E-state index contributed by atoms with van der Waals surface area (Å²) in [6, 6.07) is 3.95. The van der Waals surface area contributed by atoms with Crippen LogP contribution in [0.5, 0.6) is 0 Å². The van der Waals surface area contributed by atoms with Gasteiger partial charge in [0.25, 0.3) is 5.91 Å². The third-order valence-electron chi connectivity index (χ3n) is 4.05. The lowest BCUT2D eigenvalue weighted by atomic mass is 10.2. The summed E-state index contributed by atoms with van der Waals surface area (Å²) in [5.41, 5.74) is 0. The summed E-state index contributed by atoms with van der Waals surface area (Å²) in [5.74, 6) is 0.250. The van der Waals surface area contributed by atoms with Crippen LogP contribution in [0.4, 0.5) is 0 Å². The van der Waals surface area contributed by atoms with Gasteiger partial charge in [0.05, 0.1) is 6.42 Å². The van der Waals surface area contributed by atoms with Gasteiger partial charge in [-0.3, -0.25) is 9.59 Å². The molecule has 1 aromatic rings. The number of carbonyl (C=O) groups is 2. The lowest BCUT2D eigenvalue weighted by molar-refractivity contribution is -0.145. The van der Waals surface area contributed by atoms with Crippen LogP contribution in [0, 0.1) is 0 Å². The van der Waals surface area contributed by atoms with E-state index in [0.29, 0.717) is 39.2 Å². The highest BCUT2D eigenvalue weighted by molar-refractivity contribution is 7.10. The largest absolute Gasteiger partial charge is 0.368 e. The molecule has 2 amide bonds. The lowest BCUT2D eigenvalue weighted by Crippen LogP contribution is -2.53. The molecule has 6 heteroatoms. The number of hydrogen-bond donors (Lipinski definition) is 0. The van der Waals surface area contributed by atoms with Crippen molar-refractivity contribution in [3.63, 3.8) is 0 Å². The quantitative estimate of drug-likeness (QED) is 0.841. The highest BCUT2D eigenvalue weighted by Gasteiger charge is 2.31. The fraction of sp³-hybridized carbons (Fsp3) is 0.600. The molecule has 2 saturated heterocycles. The van der Waals surface area contributed by atoms with Gasteiger partial charge in [-0.15, -0.1) is 11.3 Å². The molecule has 0 N–H and O–H groups in total. The van der Waals surface area contributed by atoms with Crippen molar-refractivity contribution in [1.29, 1.82) is 0 Å². The van der Waals surface area contributed by atoms with E-state index in [4.69, 9.17) is 4.74 Å². The molecule has 0 radical (unpaired) electrons. The molecule has 1 aromatic heterocycles. The molecule has 0 saturated carbocycles. The van der Waals surface area contributed by atoms with Crippen LogP contribution in [0.2, 0.25) is 0 Å². The Morgan fingerprint density at radius 2 is 2.00 bits per heavy atom. The number of nitrogens with zero attached hydrogens (tertiary/aromatic N) is 2. The van der Waals surface area contributed by atoms with Crippen molar-refractivity contribution in [3.05, 3.63) is 22.4 Å². The van der Waals surface area contributed by atoms with Crippen molar-refractivity contribution < 1.29 is 14.3 Å². The molecule has 0 aliphatic carbocycles. The second kappa shape index (κ2) is 6.58. The van der Waals surface area contributed by atoms with Gasteiger partial charge in [-0.25, -0.2) is 0 Å². The van der Waals surface area contributed by atoms with Crippen molar-refractivity contribution >= 4 is 23.2 Å². The zero-order valence-electron chi connectivity index (χ0n) is 12.0. The van der Waals surface area contributed by atoms with E-state index in [1.54, 1.807) is 11.3 Å². The summed E-state index contributed by atoms with van der Waals surface area (Å²) in [7, 11) is 0. The third kappa shape index (κ3) is 3.44. The first-order valence-corrected chi connectivity index (χ1v) is 8.32. The van der Waals surface area contributed by atoms with E-state index in [1.807, 2.05) is 27.3 Å². The van der Waals surface area contributed by atoms with Crippen LogP contribution < -0.4 is 0 Å². The summed E-state index contributed by atoms with van der Waals surface area (Å²) < 4.78 is 5.44. The van der Waals surface area contributed by atoms with Crippen molar-refractivity contribution in [2.45, 2.75) is 25.4 Å². The minimum atomic E-state index is -0.252. The van der Waals surface area contributed by atoms with Crippen LogP contribution in [-0.2, 0) is 20.7 Å². The van der Waals surface area contributed by atoms with Crippen LogP contribution in [0.3, 0.4) is 0 Å². The monoisotopic (exact) mass is 308 g/mol. The van der Waals surface area contributed by atoms with Gasteiger partial charge in [0.1, 0.15) is 6.10 Å². The van der Waals surface area contributed by atoms with Gasteiger partial charge in [0.2, 0.25) is 5.91 Å². The Bertz CT molecular complexity index is 489. The van der Waals surface area contributed by atoms with Crippen LogP contribution in [0.1, 0.15) is 17.7 Å². The SMILES string of the molecule is O=C(Cc1cccs1)N1CCN(C(=O)[C@@H]2CCCO2)CC1. The van der Waals surface area contributed by atoms with E-state index < -0.39 is 0 Å². The molecule has 0 spiro atoms. The minimum Gasteiger partial charge on any atom is -0.368 e. The maximum absolute atomic E-state index is 12.2. The van der Waals surface area contributed by atoms with Gasteiger partial charge in [-0.1, -0.05) is 6.07 Å². The second-order valence-corrected chi connectivity index (χ2v) is 6.50. The Balaban J connectivity index is 1.48. The first-order valence-electron chi connectivity index (χ1n) is 7.44. The average Bonchev–Trinajstić information content (AvgIpc) is 3.20. The maximum Gasteiger partial charge on any atom is 0.251 e. The van der Waals surface area contributed by atoms with Crippen LogP contribution in [0.25, 0.3) is 0 Å². The van der Waals surface area contributed by atoms with Crippen molar-refractivity contribution in [2.24, 2.45) is 0 Å². The van der Waals surface area contributed by atoms with E-state index >= 15 is 0 Å². The summed E-state index contributed by atoms with van der Waals surface area (Å²) in [6.45, 7) is 3.19. The third-order valence-corrected chi connectivity index (χ3v) is 4.93. The highest BCUT2D eigenvalue weighted by atomic mass is 32.1. The van der Waals surface area contributed by atoms with Crippen LogP contribution >= 0.6 is 11.3 Å². The lowest BCUT2D eigenvalue weighted by Gasteiger charge is -2.35. The van der Waals surface area contributed by atoms with Crippen molar-refractivity contribution in [3.8, 4) is 0 Å². The first kappa shape index (κ1) is 14.5. The van der Waals surface area contributed by atoms with Gasteiger partial charge in [-0.2, -0.15) is 0 Å². The van der Waals surface area contributed by atoms with E-state index in [-0.39, 0.29) is 17.9 Å². The Hall–Kier alpha value is -1.40. The summed E-state index contributed by atoms with van der Waals surface area (Å²) in [4.78, 5) is 29.2. The van der Waals surface area contributed by atoms with Gasteiger partial charge in [0.15, 0.2) is 0 Å². The van der Waals surface area contributed by atoms with Crippen molar-refractivity contribution in [1.82, 2.24) is 9.80 Å². The van der Waals surface area contributed by atoms with E-state index in [0.717, 1.165) is 17.7 Å². The van der Waals surface area contributed by atoms with Crippen LogP contribution in [0.15, 0.2) is 17.5 Å². The molecule has 21 heavy (non-hydrogen) atoms. The summed E-state index contributed by atoms with van der Waals surface area (Å²) in [6.07, 6.45) is 2.02. The molecule has 3 rings (SSSR count). The number of thiophene rings is 1. The number of piperazine rings is 1. The molecular formula is C15H20N2O3S. The highest BCUT2D eigenvalue weighted by Crippen LogP contribution is 2.17. The minimum absolute atomic E-state index is 0.0952. The Morgan fingerprint density at radius 3 is 2.62 bits per heavy atom. The smallest absolute Gasteiger partial charge is 0.251 e. The molecule has 3 heterocycles. The number of amides is 2. The topological polar surface area (TPSA) is 49.9 Å². The van der Waals surface area contributed by atoms with E-state index in [9.17, 15) is 9.59 Å². The predicted molar refractivity (Wildman–Crippen MR) is 80.2 cm³/mol. The number of rotatable bonds is 3. The Labute approximate surface area is 128 Å². The van der Waals surface area contributed by atoms with E-state index in [2.05, 4.69) is 0 Å². The molecule has 0 bridgehead atoms. The fourth-order valence-corrected chi connectivity index (χ4v) is 3.52. The normalized spacial score (nSPS) is 22.6. The zero-order valence-corrected chi connectivity index (χ0v) is 12.8. The Kier molecular flexibility index (Phi) is 4.55. The summed E-state index contributed by atoms with van der Waals surface area (Å²) in [5, 5.41) is 1.99. The molecule has 2 aliphatic heterocycles. The molecule has 114 valence electrons. The zero-order chi connectivity index (χ0) is 14.7. The first-order chi connectivity index (χ1) is 10.2. The molecule has 1 atom stereocenters. The van der Waals surface area contributed by atoms with Gasteiger partial charge in [-0.05, 0) is 24.3 Å². The number of ether oxygens (including phenoxy) is 1. The molecule has 0 aromatic carbocycles. The van der Waals surface area contributed by atoms with E-state index in [1.165, 1.54) is 0 Å². The van der Waals surface area contributed by atoms with Gasteiger partial charge >= 0.3 is 0 Å². The summed E-state index contributed by atoms with van der Waals surface area (Å²) >= 11 is 1.61. The van der Waals surface area contributed by atoms with Gasteiger partial charge < -0.3 is 14.5 Å². The van der Waals surface area contributed by atoms with Crippen LogP contribution in [-0.4, -0.2) is 60.5 Å². The molecule has 2 aliphatic rings. The molecule has 5 nitrogen and oxygen atoms in total. The fourth-order valence-electron chi connectivity index (χ4n) is 2.83. The second-order valence-electron chi connectivity index (χ2n) is 5.46. The maximum atomic E-state index is 12.2. The predicted octanol–water partition coefficient (Wildman–Crippen LogP) is 1.14. The number of hydrogen-bond acceptors (Lipinski definition) is 4.